The average molecular weight is 461 g/mol. The van der Waals surface area contributed by atoms with E-state index in [1.165, 1.54) is 5.69 Å². The highest BCUT2D eigenvalue weighted by atomic mass is 16.5. The van der Waals surface area contributed by atoms with E-state index in [9.17, 15) is 4.79 Å². The molecule has 4 aromatic rings. The molecule has 0 saturated carbocycles. The van der Waals surface area contributed by atoms with Crippen LogP contribution in [0.2, 0.25) is 0 Å². The third kappa shape index (κ3) is 3.86. The first kappa shape index (κ1) is 21.0. The lowest BCUT2D eigenvalue weighted by atomic mass is 10.0. The Morgan fingerprint density at radius 1 is 1.26 bits per heavy atom. The van der Waals surface area contributed by atoms with E-state index >= 15 is 0 Å². The summed E-state index contributed by atoms with van der Waals surface area (Å²) in [4.78, 5) is 18.3. The molecule has 6 rings (SSSR count). The molecule has 1 amide bonds. The number of carbonyl (C=O) groups excluding carboxylic acids is 1. The van der Waals surface area contributed by atoms with E-state index in [1.807, 2.05) is 18.2 Å². The summed E-state index contributed by atoms with van der Waals surface area (Å²) >= 11 is 0. The molecule has 9 heteroatoms. The average Bonchev–Trinajstić information content (AvgIpc) is 3.54. The Hall–Kier alpha value is -3.59. The van der Waals surface area contributed by atoms with E-state index < -0.39 is 0 Å². The molecule has 0 aliphatic carbocycles. The number of ether oxygens (including phenoxy) is 1. The molecule has 0 radical (unpaired) electrons. The number of fused-ring (bicyclic) bond motifs is 2. The minimum atomic E-state index is 0.0241. The number of nitrogens with one attached hydrogen (secondary N) is 2. The van der Waals surface area contributed by atoms with E-state index in [0.717, 1.165) is 42.7 Å². The Balaban J connectivity index is 1.31. The minimum Gasteiger partial charge on any atom is -0.474 e. The van der Waals surface area contributed by atoms with Crippen LogP contribution in [0.15, 0.2) is 47.0 Å². The van der Waals surface area contributed by atoms with Crippen molar-refractivity contribution in [3.8, 4) is 17.3 Å². The smallest absolute Gasteiger partial charge is 0.231 e. The normalized spacial score (nSPS) is 20.2. The molecule has 176 valence electrons. The number of piperazine rings is 1. The van der Waals surface area contributed by atoms with Gasteiger partial charge in [-0.3, -0.25) is 4.79 Å². The largest absolute Gasteiger partial charge is 0.474 e. The molecule has 2 aliphatic rings. The third-order valence-electron chi connectivity index (χ3n) is 6.56. The number of carbonyl (C=O) groups is 1. The topological polar surface area (TPSA) is 96.9 Å². The van der Waals surface area contributed by atoms with Crippen LogP contribution in [-0.2, 0) is 4.79 Å². The SMILES string of the molecule is CC1(C)CN(c2cccc3oc(-c4cnc5ccc(OC[C@@H]6CCC(=O)N6)nn45)cc23)CCN1. The van der Waals surface area contributed by atoms with Crippen LogP contribution >= 0.6 is 0 Å². The van der Waals surface area contributed by atoms with Gasteiger partial charge in [-0.15, -0.1) is 5.10 Å². The molecule has 2 aliphatic heterocycles. The van der Waals surface area contributed by atoms with Crippen molar-refractivity contribution >= 4 is 28.2 Å². The van der Waals surface area contributed by atoms with Crippen molar-refractivity contribution in [1.82, 2.24) is 25.2 Å². The molecule has 5 heterocycles. The molecule has 1 aromatic carbocycles. The molecule has 0 unspecified atom stereocenters. The van der Waals surface area contributed by atoms with Crippen LogP contribution in [0.25, 0.3) is 28.1 Å². The lowest BCUT2D eigenvalue weighted by molar-refractivity contribution is -0.119. The van der Waals surface area contributed by atoms with Crippen molar-refractivity contribution in [2.75, 3.05) is 31.1 Å². The van der Waals surface area contributed by atoms with Gasteiger partial charge in [-0.05, 0) is 44.5 Å². The second-order valence-corrected chi connectivity index (χ2v) is 9.73. The van der Waals surface area contributed by atoms with Crippen LogP contribution in [0.3, 0.4) is 0 Å². The summed E-state index contributed by atoms with van der Waals surface area (Å²) < 4.78 is 13.9. The van der Waals surface area contributed by atoms with Gasteiger partial charge in [0, 0.05) is 48.7 Å². The molecule has 3 aromatic heterocycles. The number of rotatable bonds is 5. The van der Waals surface area contributed by atoms with Crippen molar-refractivity contribution in [3.05, 3.63) is 42.6 Å². The Bertz CT molecular complexity index is 1370. The van der Waals surface area contributed by atoms with E-state index in [1.54, 1.807) is 16.8 Å². The zero-order valence-electron chi connectivity index (χ0n) is 19.4. The van der Waals surface area contributed by atoms with Crippen molar-refractivity contribution in [3.63, 3.8) is 0 Å². The number of aromatic nitrogens is 3. The molecule has 34 heavy (non-hydrogen) atoms. The van der Waals surface area contributed by atoms with Gasteiger partial charge in [0.2, 0.25) is 11.8 Å². The predicted octanol–water partition coefficient (Wildman–Crippen LogP) is 2.99. The summed E-state index contributed by atoms with van der Waals surface area (Å²) in [5.74, 6) is 1.26. The number of amides is 1. The number of imidazole rings is 1. The molecule has 2 saturated heterocycles. The fourth-order valence-electron chi connectivity index (χ4n) is 4.88. The number of hydrogen-bond donors (Lipinski definition) is 2. The quantitative estimate of drug-likeness (QED) is 0.473. The highest BCUT2D eigenvalue weighted by molar-refractivity contribution is 5.94. The van der Waals surface area contributed by atoms with Gasteiger partial charge in [0.05, 0.1) is 12.2 Å². The van der Waals surface area contributed by atoms with Crippen LogP contribution in [-0.4, -0.2) is 58.3 Å². The van der Waals surface area contributed by atoms with Crippen LogP contribution in [0.4, 0.5) is 5.69 Å². The van der Waals surface area contributed by atoms with Gasteiger partial charge in [-0.2, -0.15) is 0 Å². The number of nitrogens with zero attached hydrogens (tertiary/aromatic N) is 4. The van der Waals surface area contributed by atoms with Crippen LogP contribution in [0.1, 0.15) is 26.7 Å². The Labute approximate surface area is 197 Å². The van der Waals surface area contributed by atoms with Gasteiger partial charge in [0.1, 0.15) is 17.9 Å². The summed E-state index contributed by atoms with van der Waals surface area (Å²) in [7, 11) is 0. The first-order chi connectivity index (χ1) is 16.4. The second-order valence-electron chi connectivity index (χ2n) is 9.73. The maximum absolute atomic E-state index is 11.4. The van der Waals surface area contributed by atoms with E-state index in [2.05, 4.69) is 51.6 Å². The predicted molar refractivity (Wildman–Crippen MR) is 129 cm³/mol. The first-order valence-corrected chi connectivity index (χ1v) is 11.8. The standard InChI is InChI=1S/C25H28N6O3/c1-25(2)15-30(11-10-27-25)18-4-3-5-20-17(18)12-21(34-20)19-13-26-22-7-9-24(29-31(19)22)33-14-16-6-8-23(32)28-16/h3-5,7,9,12-13,16,27H,6,8,10-11,14-15H2,1-2H3,(H,28,32)/t16-/m0/s1. The first-order valence-electron chi connectivity index (χ1n) is 11.8. The lowest BCUT2D eigenvalue weighted by Gasteiger charge is -2.40. The van der Waals surface area contributed by atoms with Gasteiger partial charge in [-0.25, -0.2) is 9.50 Å². The van der Waals surface area contributed by atoms with Gasteiger partial charge in [0.15, 0.2) is 11.4 Å². The Kier molecular flexibility index (Phi) is 4.95. The molecule has 0 bridgehead atoms. The molecule has 0 spiro atoms. The third-order valence-corrected chi connectivity index (χ3v) is 6.56. The summed E-state index contributed by atoms with van der Waals surface area (Å²) in [6.07, 6.45) is 3.10. The monoisotopic (exact) mass is 460 g/mol. The van der Waals surface area contributed by atoms with Crippen molar-refractivity contribution < 1.29 is 13.9 Å². The number of hydrogen-bond acceptors (Lipinski definition) is 7. The summed E-state index contributed by atoms with van der Waals surface area (Å²) in [5, 5.41) is 12.2. The van der Waals surface area contributed by atoms with Crippen LogP contribution in [0.5, 0.6) is 5.88 Å². The maximum atomic E-state index is 11.4. The minimum absolute atomic E-state index is 0.0241. The van der Waals surface area contributed by atoms with Crippen molar-refractivity contribution in [2.24, 2.45) is 0 Å². The summed E-state index contributed by atoms with van der Waals surface area (Å²) in [5.41, 5.74) is 3.53. The van der Waals surface area contributed by atoms with Crippen molar-refractivity contribution in [1.29, 1.82) is 0 Å². The molecule has 2 fully saturated rings. The highest BCUT2D eigenvalue weighted by Crippen LogP contribution is 2.35. The molecule has 2 N–H and O–H groups in total. The lowest BCUT2D eigenvalue weighted by Crippen LogP contribution is -2.57. The fraction of sp³-hybridized carbons (Fsp3) is 0.400. The number of benzene rings is 1. The van der Waals surface area contributed by atoms with Gasteiger partial charge in [-0.1, -0.05) is 6.07 Å². The molecule has 1 atom stereocenters. The van der Waals surface area contributed by atoms with E-state index in [0.29, 0.717) is 30.3 Å². The molecule has 9 nitrogen and oxygen atoms in total. The van der Waals surface area contributed by atoms with Crippen LogP contribution in [0, 0.1) is 0 Å². The fourth-order valence-corrected chi connectivity index (χ4v) is 4.88. The van der Waals surface area contributed by atoms with Crippen LogP contribution < -0.4 is 20.3 Å². The second kappa shape index (κ2) is 8.02. The van der Waals surface area contributed by atoms with E-state index in [-0.39, 0.29) is 17.5 Å². The molecular formula is C25H28N6O3. The zero-order chi connectivity index (χ0) is 23.3. The zero-order valence-corrected chi connectivity index (χ0v) is 19.4. The van der Waals surface area contributed by atoms with Gasteiger partial charge < -0.3 is 24.7 Å². The maximum Gasteiger partial charge on any atom is 0.231 e. The van der Waals surface area contributed by atoms with E-state index in [4.69, 9.17) is 9.15 Å². The number of anilines is 1. The summed E-state index contributed by atoms with van der Waals surface area (Å²) in [6.45, 7) is 7.66. The Morgan fingerprint density at radius 3 is 3.00 bits per heavy atom. The summed E-state index contributed by atoms with van der Waals surface area (Å²) in [6, 6.07) is 12.0. The highest BCUT2D eigenvalue weighted by Gasteiger charge is 2.27. The number of furan rings is 1. The molecular weight excluding hydrogens is 432 g/mol. The Morgan fingerprint density at radius 2 is 2.18 bits per heavy atom. The van der Waals surface area contributed by atoms with Crippen molar-refractivity contribution in [2.45, 2.75) is 38.3 Å². The van der Waals surface area contributed by atoms with Gasteiger partial charge in [0.25, 0.3) is 0 Å². The van der Waals surface area contributed by atoms with Gasteiger partial charge >= 0.3 is 0 Å².